The first kappa shape index (κ1) is 18.7. The van der Waals surface area contributed by atoms with E-state index in [0.717, 1.165) is 11.1 Å². The van der Waals surface area contributed by atoms with Crippen LogP contribution in [-0.4, -0.2) is 33.2 Å². The lowest BCUT2D eigenvalue weighted by Gasteiger charge is -2.06. The molecule has 0 N–H and O–H groups in total. The Bertz CT molecular complexity index is 1210. The lowest BCUT2D eigenvalue weighted by molar-refractivity contribution is -0.141. The van der Waals surface area contributed by atoms with Crippen LogP contribution in [0.15, 0.2) is 45.4 Å². The molecule has 148 valence electrons. The highest BCUT2D eigenvalue weighted by atomic mass is 16.5. The molecule has 8 heteroatoms. The van der Waals surface area contributed by atoms with E-state index < -0.39 is 5.97 Å². The first-order valence-electron chi connectivity index (χ1n) is 9.09. The lowest BCUT2D eigenvalue weighted by Crippen LogP contribution is -2.16. The monoisotopic (exact) mass is 393 g/mol. The molecule has 0 aliphatic heterocycles. The van der Waals surface area contributed by atoms with Crippen molar-refractivity contribution in [3.8, 4) is 5.82 Å². The van der Waals surface area contributed by atoms with E-state index in [4.69, 9.17) is 13.8 Å². The third-order valence-corrected chi connectivity index (χ3v) is 4.70. The Hall–Kier alpha value is -3.68. The number of para-hydroxylation sites is 1. The molecule has 4 rings (SSSR count). The molecule has 0 spiro atoms. The van der Waals surface area contributed by atoms with Crippen LogP contribution < -0.4 is 0 Å². The number of nitrogens with zero attached hydrogens (tertiary/aromatic N) is 3. The van der Waals surface area contributed by atoms with Crippen LogP contribution in [0, 0.1) is 20.8 Å². The Balaban J connectivity index is 1.44. The molecule has 0 radical (unpaired) electrons. The van der Waals surface area contributed by atoms with Gasteiger partial charge in [-0.25, -0.2) is 0 Å². The van der Waals surface area contributed by atoms with Gasteiger partial charge in [-0.05, 0) is 39.0 Å². The fourth-order valence-electron chi connectivity index (χ4n) is 3.33. The minimum atomic E-state index is -0.543. The molecule has 0 bridgehead atoms. The second kappa shape index (κ2) is 7.38. The number of ketones is 1. The number of aromatic nitrogens is 3. The van der Waals surface area contributed by atoms with Gasteiger partial charge in [0.05, 0.1) is 6.42 Å². The van der Waals surface area contributed by atoms with Crippen molar-refractivity contribution >= 4 is 22.7 Å². The highest BCUT2D eigenvalue weighted by molar-refractivity contribution is 5.99. The maximum Gasteiger partial charge on any atom is 0.312 e. The largest absolute Gasteiger partial charge is 0.457 e. The van der Waals surface area contributed by atoms with Gasteiger partial charge in [-0.15, -0.1) is 0 Å². The van der Waals surface area contributed by atoms with Crippen LogP contribution in [0.4, 0.5) is 0 Å². The predicted molar refractivity (Wildman–Crippen MR) is 103 cm³/mol. The number of aryl methyl sites for hydroxylation is 2. The first-order chi connectivity index (χ1) is 13.9. The van der Waals surface area contributed by atoms with Crippen molar-refractivity contribution in [3.63, 3.8) is 0 Å². The van der Waals surface area contributed by atoms with Gasteiger partial charge in [-0.3, -0.25) is 14.2 Å². The van der Waals surface area contributed by atoms with Crippen molar-refractivity contribution in [2.75, 3.05) is 6.61 Å². The van der Waals surface area contributed by atoms with Crippen LogP contribution >= 0.6 is 0 Å². The maximum absolute atomic E-state index is 12.6. The van der Waals surface area contributed by atoms with E-state index in [1.807, 2.05) is 36.6 Å². The summed E-state index contributed by atoms with van der Waals surface area (Å²) in [5.74, 6) is 0.447. The number of esters is 1. The lowest BCUT2D eigenvalue weighted by atomic mass is 10.1. The molecule has 0 aliphatic rings. The van der Waals surface area contributed by atoms with Gasteiger partial charge < -0.3 is 13.8 Å². The molecule has 0 saturated heterocycles. The molecule has 4 aromatic rings. The van der Waals surface area contributed by atoms with E-state index in [1.54, 1.807) is 25.1 Å². The van der Waals surface area contributed by atoms with Gasteiger partial charge in [0.25, 0.3) is 0 Å². The van der Waals surface area contributed by atoms with Gasteiger partial charge >= 0.3 is 5.97 Å². The normalized spacial score (nSPS) is 11.1. The molecule has 0 amide bonds. The second-order valence-corrected chi connectivity index (χ2v) is 6.80. The smallest absolute Gasteiger partial charge is 0.312 e. The van der Waals surface area contributed by atoms with Crippen LogP contribution in [0.1, 0.15) is 33.2 Å². The Morgan fingerprint density at radius 2 is 1.86 bits per heavy atom. The van der Waals surface area contributed by atoms with Gasteiger partial charge in [0, 0.05) is 28.4 Å². The van der Waals surface area contributed by atoms with Gasteiger partial charge in [0.2, 0.25) is 5.78 Å². The van der Waals surface area contributed by atoms with E-state index >= 15 is 0 Å². The van der Waals surface area contributed by atoms with Gasteiger partial charge in [-0.2, -0.15) is 0 Å². The number of rotatable bonds is 6. The van der Waals surface area contributed by atoms with Crippen LogP contribution in [0.5, 0.6) is 0 Å². The quantitative estimate of drug-likeness (QED) is 0.365. The van der Waals surface area contributed by atoms with Crippen molar-refractivity contribution in [1.29, 1.82) is 0 Å². The van der Waals surface area contributed by atoms with Crippen molar-refractivity contribution in [1.82, 2.24) is 14.9 Å². The fraction of sp³-hybridized carbons (Fsp3) is 0.238. The van der Waals surface area contributed by atoms with Crippen molar-refractivity contribution < 1.29 is 23.4 Å². The van der Waals surface area contributed by atoms with E-state index in [-0.39, 0.29) is 18.8 Å². The molecule has 0 aliphatic carbocycles. The van der Waals surface area contributed by atoms with E-state index in [2.05, 4.69) is 10.3 Å². The molecule has 0 atom stereocenters. The summed E-state index contributed by atoms with van der Waals surface area (Å²) in [5, 5.41) is 8.65. The average Bonchev–Trinajstić information content (AvgIpc) is 3.38. The molecule has 0 saturated carbocycles. The van der Waals surface area contributed by atoms with Crippen LogP contribution in [-0.2, 0) is 16.0 Å². The number of ether oxygens (including phenoxy) is 1. The molecule has 0 fully saturated rings. The number of fused-ring (bicyclic) bond motifs is 1. The van der Waals surface area contributed by atoms with Crippen molar-refractivity contribution in [2.45, 2.75) is 27.2 Å². The number of benzene rings is 1. The molecule has 3 heterocycles. The van der Waals surface area contributed by atoms with E-state index in [0.29, 0.717) is 34.1 Å². The number of carbonyl (C=O) groups is 2. The standard InChI is InChI=1S/C21H19N3O5/c1-12-8-16(14(3)24(12)20-9-13(2)28-23-20)18(25)11-27-21(26)10-17-15-6-4-5-7-19(15)29-22-17/h4-9H,10-11H2,1-3H3. The van der Waals surface area contributed by atoms with Crippen molar-refractivity contribution in [2.24, 2.45) is 0 Å². The van der Waals surface area contributed by atoms with Crippen LogP contribution in [0.2, 0.25) is 0 Å². The highest BCUT2D eigenvalue weighted by Crippen LogP contribution is 2.22. The number of carbonyl (C=O) groups excluding carboxylic acids is 2. The Morgan fingerprint density at radius 3 is 2.62 bits per heavy atom. The Labute approximate surface area is 166 Å². The van der Waals surface area contributed by atoms with Crippen molar-refractivity contribution in [3.05, 3.63) is 64.8 Å². The Kier molecular flexibility index (Phi) is 4.75. The summed E-state index contributed by atoms with van der Waals surface area (Å²) in [4.78, 5) is 24.8. The van der Waals surface area contributed by atoms with Gasteiger partial charge in [0.15, 0.2) is 18.0 Å². The van der Waals surface area contributed by atoms with E-state index in [1.165, 1.54) is 0 Å². The molecule has 3 aromatic heterocycles. The molecule has 8 nitrogen and oxygen atoms in total. The topological polar surface area (TPSA) is 100 Å². The predicted octanol–water partition coefficient (Wildman–Crippen LogP) is 3.50. The van der Waals surface area contributed by atoms with Gasteiger partial charge in [0.1, 0.15) is 11.5 Å². The zero-order valence-corrected chi connectivity index (χ0v) is 16.3. The average molecular weight is 393 g/mol. The second-order valence-electron chi connectivity index (χ2n) is 6.80. The summed E-state index contributed by atoms with van der Waals surface area (Å²) < 4.78 is 17.3. The highest BCUT2D eigenvalue weighted by Gasteiger charge is 2.20. The summed E-state index contributed by atoms with van der Waals surface area (Å²) in [6.45, 7) is 5.13. The molecular formula is C21H19N3O5. The number of Topliss-reactive ketones (excluding diaryl/α,β-unsaturated/α-hetero) is 1. The van der Waals surface area contributed by atoms with Crippen LogP contribution in [0.25, 0.3) is 16.8 Å². The summed E-state index contributed by atoms with van der Waals surface area (Å²) in [6, 6.07) is 10.8. The Morgan fingerprint density at radius 1 is 1.07 bits per heavy atom. The summed E-state index contributed by atoms with van der Waals surface area (Å²) in [6.07, 6.45) is -0.0679. The molecule has 29 heavy (non-hydrogen) atoms. The zero-order chi connectivity index (χ0) is 20.5. The zero-order valence-electron chi connectivity index (χ0n) is 16.3. The fourth-order valence-corrected chi connectivity index (χ4v) is 3.33. The maximum atomic E-state index is 12.6. The minimum absolute atomic E-state index is 0.0679. The third kappa shape index (κ3) is 3.56. The number of hydrogen-bond donors (Lipinski definition) is 0. The van der Waals surface area contributed by atoms with E-state index in [9.17, 15) is 9.59 Å². The number of hydrogen-bond acceptors (Lipinski definition) is 7. The van der Waals surface area contributed by atoms with Crippen LogP contribution in [0.3, 0.4) is 0 Å². The molecule has 0 unspecified atom stereocenters. The summed E-state index contributed by atoms with van der Waals surface area (Å²) >= 11 is 0. The third-order valence-electron chi connectivity index (χ3n) is 4.70. The molecular weight excluding hydrogens is 374 g/mol. The first-order valence-corrected chi connectivity index (χ1v) is 9.09. The van der Waals surface area contributed by atoms with Gasteiger partial charge in [-0.1, -0.05) is 22.4 Å². The molecule has 1 aromatic carbocycles. The summed E-state index contributed by atoms with van der Waals surface area (Å²) in [5.41, 5.74) is 3.10. The summed E-state index contributed by atoms with van der Waals surface area (Å²) in [7, 11) is 0. The minimum Gasteiger partial charge on any atom is -0.457 e. The SMILES string of the molecule is Cc1cc(-n2c(C)cc(C(=O)COC(=O)Cc3noc4ccccc34)c2C)no1.